The maximum Gasteiger partial charge on any atom is 0.283 e. The molecular weight excluding hydrogens is 194 g/mol. The van der Waals surface area contributed by atoms with Crippen LogP contribution in [0.1, 0.15) is 6.92 Å². The first-order chi connectivity index (χ1) is 7.27. The van der Waals surface area contributed by atoms with Crippen molar-refractivity contribution in [1.29, 1.82) is 0 Å². The van der Waals surface area contributed by atoms with Gasteiger partial charge >= 0.3 is 0 Å². The summed E-state index contributed by atoms with van der Waals surface area (Å²) >= 11 is 0. The van der Waals surface area contributed by atoms with Crippen LogP contribution in [0, 0.1) is 0 Å². The van der Waals surface area contributed by atoms with Gasteiger partial charge in [-0.1, -0.05) is 11.3 Å². The highest BCUT2D eigenvalue weighted by Crippen LogP contribution is 2.01. The highest BCUT2D eigenvalue weighted by molar-refractivity contribution is 5.67. The molecule has 0 saturated heterocycles. The van der Waals surface area contributed by atoms with Crippen LogP contribution in [0.4, 0.5) is 0 Å². The van der Waals surface area contributed by atoms with Crippen molar-refractivity contribution < 1.29 is 0 Å². The third kappa shape index (κ3) is 1.43. The fourth-order valence-electron chi connectivity index (χ4n) is 1.37. The molecule has 0 aliphatic carbocycles. The third-order valence-electron chi connectivity index (χ3n) is 2.12. The van der Waals surface area contributed by atoms with Gasteiger partial charge in [-0.05, 0) is 6.92 Å². The highest BCUT2D eigenvalue weighted by Gasteiger charge is 2.09. The zero-order chi connectivity index (χ0) is 10.8. The second-order valence-electron chi connectivity index (χ2n) is 3.07. The second kappa shape index (κ2) is 3.64. The van der Waals surface area contributed by atoms with Crippen molar-refractivity contribution in [2.45, 2.75) is 20.0 Å². The largest absolute Gasteiger partial charge is 0.293 e. The van der Waals surface area contributed by atoms with Crippen molar-refractivity contribution in [3.63, 3.8) is 0 Å². The molecule has 0 aliphatic rings. The summed E-state index contributed by atoms with van der Waals surface area (Å²) in [4.78, 5) is 16.0. The average Bonchev–Trinajstić information content (AvgIpc) is 2.66. The van der Waals surface area contributed by atoms with Crippen LogP contribution in [0.15, 0.2) is 23.8 Å². The van der Waals surface area contributed by atoms with E-state index in [0.717, 1.165) is 0 Å². The minimum Gasteiger partial charge on any atom is -0.293 e. The van der Waals surface area contributed by atoms with Crippen LogP contribution >= 0.6 is 0 Å². The molecule has 0 fully saturated rings. The zero-order valence-electron chi connectivity index (χ0n) is 8.42. The van der Waals surface area contributed by atoms with Crippen molar-refractivity contribution in [3.05, 3.63) is 29.3 Å². The predicted octanol–water partition coefficient (Wildman–Crippen LogP) is 0.194. The normalized spacial score (nSPS) is 10.7. The lowest BCUT2D eigenvalue weighted by Crippen LogP contribution is -2.20. The van der Waals surface area contributed by atoms with Crippen molar-refractivity contribution >= 4 is 11.2 Å². The zero-order valence-corrected chi connectivity index (χ0v) is 8.42. The van der Waals surface area contributed by atoms with Crippen LogP contribution < -0.4 is 5.56 Å². The molecule has 2 rings (SSSR count). The van der Waals surface area contributed by atoms with Crippen molar-refractivity contribution in [2.75, 3.05) is 0 Å². The van der Waals surface area contributed by atoms with Gasteiger partial charge in [-0.15, -0.1) is 11.7 Å². The number of hydrogen-bond donors (Lipinski definition) is 0. The Morgan fingerprint density at radius 3 is 3.07 bits per heavy atom. The number of fused-ring (bicyclic) bond motifs is 1. The molecule has 15 heavy (non-hydrogen) atoms. The summed E-state index contributed by atoms with van der Waals surface area (Å²) in [5, 5.41) is 7.66. The van der Waals surface area contributed by atoms with Gasteiger partial charge in [0.15, 0.2) is 11.2 Å². The first-order valence-corrected chi connectivity index (χ1v) is 4.67. The molecule has 2 heterocycles. The minimum atomic E-state index is -0.181. The molecular formula is C9H11N5O. The summed E-state index contributed by atoms with van der Waals surface area (Å²) in [5.74, 6) is 0. The number of allylic oxidation sites excluding steroid dienone is 1. The van der Waals surface area contributed by atoms with Gasteiger partial charge in [0, 0.05) is 13.1 Å². The van der Waals surface area contributed by atoms with E-state index in [0.29, 0.717) is 24.3 Å². The highest BCUT2D eigenvalue weighted by atomic mass is 16.1. The topological polar surface area (TPSA) is 65.6 Å². The van der Waals surface area contributed by atoms with Gasteiger partial charge in [0.2, 0.25) is 0 Å². The Morgan fingerprint density at radius 1 is 1.60 bits per heavy atom. The molecule has 2 aromatic rings. The number of aryl methyl sites for hydroxylation is 1. The third-order valence-corrected chi connectivity index (χ3v) is 2.12. The number of hydrogen-bond acceptors (Lipinski definition) is 4. The van der Waals surface area contributed by atoms with E-state index in [2.05, 4.69) is 21.9 Å². The summed E-state index contributed by atoms with van der Waals surface area (Å²) in [5.41, 5.74) is 0.656. The molecule has 0 spiro atoms. The van der Waals surface area contributed by atoms with Crippen LogP contribution in [0.3, 0.4) is 0 Å². The van der Waals surface area contributed by atoms with Crippen LogP contribution in [0.25, 0.3) is 11.2 Å². The molecule has 0 unspecified atom stereocenters. The first kappa shape index (κ1) is 9.57. The van der Waals surface area contributed by atoms with Crippen molar-refractivity contribution in [2.24, 2.45) is 0 Å². The number of aromatic nitrogens is 5. The van der Waals surface area contributed by atoms with E-state index in [1.54, 1.807) is 10.8 Å². The molecule has 2 aromatic heterocycles. The van der Waals surface area contributed by atoms with Crippen molar-refractivity contribution in [3.8, 4) is 0 Å². The Kier molecular flexibility index (Phi) is 2.32. The monoisotopic (exact) mass is 205 g/mol. The molecule has 0 radical (unpaired) electrons. The Hall–Kier alpha value is -1.98. The van der Waals surface area contributed by atoms with E-state index >= 15 is 0 Å². The molecule has 0 N–H and O–H groups in total. The molecule has 6 heteroatoms. The molecule has 0 bridgehead atoms. The van der Waals surface area contributed by atoms with Gasteiger partial charge in [-0.3, -0.25) is 9.36 Å². The van der Waals surface area contributed by atoms with Crippen molar-refractivity contribution in [1.82, 2.24) is 24.5 Å². The van der Waals surface area contributed by atoms with E-state index < -0.39 is 0 Å². The van der Waals surface area contributed by atoms with Gasteiger partial charge < -0.3 is 0 Å². The number of rotatable bonds is 3. The fourth-order valence-corrected chi connectivity index (χ4v) is 1.37. The predicted molar refractivity (Wildman–Crippen MR) is 55.5 cm³/mol. The van der Waals surface area contributed by atoms with Gasteiger partial charge in [0.25, 0.3) is 5.56 Å². The van der Waals surface area contributed by atoms with Gasteiger partial charge in [0.1, 0.15) is 6.33 Å². The Labute approximate surface area is 85.9 Å². The van der Waals surface area contributed by atoms with E-state index in [1.165, 1.54) is 10.9 Å². The van der Waals surface area contributed by atoms with Crippen LogP contribution in [-0.4, -0.2) is 24.5 Å². The van der Waals surface area contributed by atoms with Crippen LogP contribution in [0.5, 0.6) is 0 Å². The standard InChI is InChI=1S/C9H11N5O/c1-3-5-13-6-10-8-7(9(13)15)11-12-14(8)4-2/h3,6H,1,4-5H2,2H3. The molecule has 6 nitrogen and oxygen atoms in total. The Balaban J connectivity index is 2.70. The molecule has 78 valence electrons. The lowest BCUT2D eigenvalue weighted by atomic mass is 10.5. The second-order valence-corrected chi connectivity index (χ2v) is 3.07. The van der Waals surface area contributed by atoms with E-state index in [9.17, 15) is 4.79 Å². The summed E-state index contributed by atoms with van der Waals surface area (Å²) in [7, 11) is 0. The molecule has 0 saturated carbocycles. The van der Waals surface area contributed by atoms with Crippen LogP contribution in [0.2, 0.25) is 0 Å². The summed E-state index contributed by atoms with van der Waals surface area (Å²) in [6.45, 7) is 6.57. The summed E-state index contributed by atoms with van der Waals surface area (Å²) in [6.07, 6.45) is 3.13. The number of nitrogens with zero attached hydrogens (tertiary/aromatic N) is 5. The lowest BCUT2D eigenvalue weighted by molar-refractivity contribution is 0.640. The first-order valence-electron chi connectivity index (χ1n) is 4.67. The molecule has 0 amide bonds. The Morgan fingerprint density at radius 2 is 2.40 bits per heavy atom. The Bertz CT molecular complexity index is 553. The van der Waals surface area contributed by atoms with Gasteiger partial charge in [0.05, 0.1) is 0 Å². The average molecular weight is 205 g/mol. The maximum atomic E-state index is 11.8. The van der Waals surface area contributed by atoms with Gasteiger partial charge in [-0.2, -0.15) is 0 Å². The van der Waals surface area contributed by atoms with Gasteiger partial charge in [-0.25, -0.2) is 9.67 Å². The van der Waals surface area contributed by atoms with E-state index in [1.807, 2.05) is 6.92 Å². The molecule has 0 aliphatic heterocycles. The maximum absolute atomic E-state index is 11.8. The SMILES string of the molecule is C=CCn1cnc2c(nnn2CC)c1=O. The van der Waals surface area contributed by atoms with Crippen LogP contribution in [-0.2, 0) is 13.1 Å². The molecule has 0 atom stereocenters. The smallest absolute Gasteiger partial charge is 0.283 e. The van der Waals surface area contributed by atoms with E-state index in [4.69, 9.17) is 0 Å². The summed E-state index contributed by atoms with van der Waals surface area (Å²) < 4.78 is 3.04. The fraction of sp³-hybridized carbons (Fsp3) is 0.333. The molecule has 0 aromatic carbocycles. The lowest BCUT2D eigenvalue weighted by Gasteiger charge is -2.00. The minimum absolute atomic E-state index is 0.181. The quantitative estimate of drug-likeness (QED) is 0.671. The summed E-state index contributed by atoms with van der Waals surface area (Å²) in [6, 6.07) is 0. The van der Waals surface area contributed by atoms with E-state index in [-0.39, 0.29) is 5.56 Å².